The van der Waals surface area contributed by atoms with Gasteiger partial charge in [0.15, 0.2) is 5.96 Å². The average molecular weight is 275 g/mol. The van der Waals surface area contributed by atoms with Crippen molar-refractivity contribution in [1.82, 2.24) is 5.32 Å². The largest absolute Gasteiger partial charge is 0.377 e. The van der Waals surface area contributed by atoms with E-state index in [9.17, 15) is 0 Å². The Kier molecular flexibility index (Phi) is 5.87. The van der Waals surface area contributed by atoms with Gasteiger partial charge in [-0.2, -0.15) is 0 Å². The van der Waals surface area contributed by atoms with Crippen LogP contribution in [0.3, 0.4) is 0 Å². The van der Waals surface area contributed by atoms with E-state index in [2.05, 4.69) is 34.6 Å². The quantitative estimate of drug-likeness (QED) is 0.593. The summed E-state index contributed by atoms with van der Waals surface area (Å²) in [5.41, 5.74) is 8.22. The van der Waals surface area contributed by atoms with Gasteiger partial charge in [-0.25, -0.2) is 4.99 Å². The zero-order valence-corrected chi connectivity index (χ0v) is 12.3. The van der Waals surface area contributed by atoms with Crippen LogP contribution in [-0.4, -0.2) is 19.1 Å². The van der Waals surface area contributed by atoms with Gasteiger partial charge < -0.3 is 15.8 Å². The number of nitrogens with zero attached hydrogens (tertiary/aromatic N) is 1. The van der Waals surface area contributed by atoms with Gasteiger partial charge in [0.05, 0.1) is 13.2 Å². The van der Waals surface area contributed by atoms with Crippen molar-refractivity contribution in [3.63, 3.8) is 0 Å². The van der Waals surface area contributed by atoms with Crippen LogP contribution in [-0.2, 0) is 17.9 Å². The predicted octanol–water partition coefficient (Wildman–Crippen LogP) is 2.43. The summed E-state index contributed by atoms with van der Waals surface area (Å²) >= 11 is 0. The van der Waals surface area contributed by atoms with Crippen LogP contribution in [0.15, 0.2) is 29.3 Å². The van der Waals surface area contributed by atoms with Crippen molar-refractivity contribution in [1.29, 1.82) is 0 Å². The van der Waals surface area contributed by atoms with Gasteiger partial charge in [-0.1, -0.05) is 30.7 Å². The molecule has 1 aliphatic carbocycles. The monoisotopic (exact) mass is 275 g/mol. The highest BCUT2D eigenvalue weighted by Crippen LogP contribution is 2.24. The highest BCUT2D eigenvalue weighted by atomic mass is 16.5. The predicted molar refractivity (Wildman–Crippen MR) is 82.4 cm³/mol. The fraction of sp³-hybridized carbons (Fsp3) is 0.562. The van der Waals surface area contributed by atoms with Gasteiger partial charge in [0.1, 0.15) is 0 Å². The first-order valence-electron chi connectivity index (χ1n) is 7.47. The Morgan fingerprint density at radius 3 is 2.60 bits per heavy atom. The summed E-state index contributed by atoms with van der Waals surface area (Å²) < 4.78 is 5.37. The number of ether oxygens (including phenoxy) is 1. The second-order valence-corrected chi connectivity index (χ2v) is 5.33. The van der Waals surface area contributed by atoms with Gasteiger partial charge >= 0.3 is 0 Å². The Balaban J connectivity index is 1.73. The molecule has 0 spiro atoms. The van der Waals surface area contributed by atoms with Gasteiger partial charge in [-0.15, -0.1) is 0 Å². The summed E-state index contributed by atoms with van der Waals surface area (Å²) in [5.74, 6) is 1.34. The molecule has 1 aromatic rings. The molecule has 0 atom stereocenters. The number of nitrogens with one attached hydrogen (secondary N) is 1. The molecule has 0 radical (unpaired) electrons. The molecule has 0 bridgehead atoms. The number of rotatable bonds is 7. The topological polar surface area (TPSA) is 59.6 Å². The van der Waals surface area contributed by atoms with Crippen LogP contribution in [0.25, 0.3) is 0 Å². The lowest BCUT2D eigenvalue weighted by Gasteiger charge is -2.25. The van der Waals surface area contributed by atoms with Crippen LogP contribution in [0, 0.1) is 5.92 Å². The molecule has 0 heterocycles. The second-order valence-electron chi connectivity index (χ2n) is 5.33. The molecule has 0 saturated heterocycles. The van der Waals surface area contributed by atoms with E-state index in [-0.39, 0.29) is 0 Å². The molecule has 4 heteroatoms. The summed E-state index contributed by atoms with van der Waals surface area (Å²) in [4.78, 5) is 4.37. The van der Waals surface area contributed by atoms with Crippen LogP contribution < -0.4 is 11.1 Å². The Hall–Kier alpha value is -1.55. The Bertz CT molecular complexity index is 424. The first kappa shape index (κ1) is 14.9. The maximum Gasteiger partial charge on any atom is 0.188 e. The standard InChI is InChI=1S/C16H25N3O/c1-2-20-12-15-8-6-14(7-9-15)11-19-16(17)18-10-13-4-3-5-13/h6-9,13H,2-5,10-12H2,1H3,(H3,17,18,19). The molecule has 3 N–H and O–H groups in total. The van der Waals surface area contributed by atoms with Crippen molar-refractivity contribution >= 4 is 5.96 Å². The van der Waals surface area contributed by atoms with E-state index in [1.165, 1.54) is 30.4 Å². The summed E-state index contributed by atoms with van der Waals surface area (Å²) in [6.07, 6.45) is 4.00. The third-order valence-corrected chi connectivity index (χ3v) is 3.72. The van der Waals surface area contributed by atoms with Gasteiger partial charge in [0.25, 0.3) is 0 Å². The van der Waals surface area contributed by atoms with E-state index in [1.54, 1.807) is 0 Å². The van der Waals surface area contributed by atoms with E-state index >= 15 is 0 Å². The summed E-state index contributed by atoms with van der Waals surface area (Å²) in [6.45, 7) is 5.00. The fourth-order valence-corrected chi connectivity index (χ4v) is 2.14. The van der Waals surface area contributed by atoms with Crippen molar-refractivity contribution < 1.29 is 4.74 Å². The molecule has 0 aliphatic heterocycles. The van der Waals surface area contributed by atoms with Gasteiger partial charge in [-0.05, 0) is 36.8 Å². The van der Waals surface area contributed by atoms with Crippen LogP contribution in [0.4, 0.5) is 0 Å². The minimum Gasteiger partial charge on any atom is -0.377 e. The van der Waals surface area contributed by atoms with Gasteiger partial charge in [0.2, 0.25) is 0 Å². The Labute approximate surface area is 121 Å². The molecular weight excluding hydrogens is 250 g/mol. The van der Waals surface area contributed by atoms with Crippen molar-refractivity contribution in [3.05, 3.63) is 35.4 Å². The number of nitrogens with two attached hydrogens (primary N) is 1. The molecule has 0 aromatic heterocycles. The Morgan fingerprint density at radius 2 is 2.00 bits per heavy atom. The molecule has 1 saturated carbocycles. The number of benzene rings is 1. The maximum absolute atomic E-state index is 5.86. The van der Waals surface area contributed by atoms with Crippen LogP contribution in [0.2, 0.25) is 0 Å². The first-order chi connectivity index (χ1) is 9.78. The van der Waals surface area contributed by atoms with E-state index in [0.717, 1.165) is 19.1 Å². The number of hydrogen-bond donors (Lipinski definition) is 2. The van der Waals surface area contributed by atoms with Crippen molar-refractivity contribution in [3.8, 4) is 0 Å². The average Bonchev–Trinajstić information content (AvgIpc) is 2.42. The molecule has 1 fully saturated rings. The van der Waals surface area contributed by atoms with Gasteiger partial charge in [-0.3, -0.25) is 0 Å². The maximum atomic E-state index is 5.86. The normalized spacial score (nSPS) is 15.9. The molecule has 0 unspecified atom stereocenters. The Morgan fingerprint density at radius 1 is 1.30 bits per heavy atom. The van der Waals surface area contributed by atoms with Crippen molar-refractivity contribution in [2.75, 3.05) is 13.2 Å². The molecule has 20 heavy (non-hydrogen) atoms. The van der Waals surface area contributed by atoms with Crippen molar-refractivity contribution in [2.45, 2.75) is 39.3 Å². The highest BCUT2D eigenvalue weighted by Gasteiger charge is 2.16. The van der Waals surface area contributed by atoms with E-state index in [1.807, 2.05) is 6.92 Å². The fourth-order valence-electron chi connectivity index (χ4n) is 2.14. The molecule has 2 rings (SSSR count). The van der Waals surface area contributed by atoms with Crippen LogP contribution in [0.1, 0.15) is 37.3 Å². The zero-order chi connectivity index (χ0) is 14.2. The number of aliphatic imine (C=N–C) groups is 1. The molecule has 1 aliphatic rings. The summed E-state index contributed by atoms with van der Waals surface area (Å²) in [6, 6.07) is 8.32. The van der Waals surface area contributed by atoms with Crippen LogP contribution >= 0.6 is 0 Å². The summed E-state index contributed by atoms with van der Waals surface area (Å²) in [7, 11) is 0. The first-order valence-corrected chi connectivity index (χ1v) is 7.47. The summed E-state index contributed by atoms with van der Waals surface area (Å²) in [5, 5.41) is 3.20. The minimum atomic E-state index is 0.551. The third kappa shape index (κ3) is 4.85. The third-order valence-electron chi connectivity index (χ3n) is 3.72. The SMILES string of the molecule is CCOCc1ccc(CN=C(N)NCC2CCC2)cc1. The van der Waals surface area contributed by atoms with Gasteiger partial charge in [0, 0.05) is 13.2 Å². The van der Waals surface area contributed by atoms with E-state index in [4.69, 9.17) is 10.5 Å². The lowest BCUT2D eigenvalue weighted by Crippen LogP contribution is -2.37. The lowest BCUT2D eigenvalue weighted by atomic mass is 9.85. The van der Waals surface area contributed by atoms with E-state index in [0.29, 0.717) is 19.1 Å². The molecule has 1 aromatic carbocycles. The van der Waals surface area contributed by atoms with Crippen LogP contribution in [0.5, 0.6) is 0 Å². The molecule has 0 amide bonds. The smallest absolute Gasteiger partial charge is 0.188 e. The highest BCUT2D eigenvalue weighted by molar-refractivity contribution is 5.77. The lowest BCUT2D eigenvalue weighted by molar-refractivity contribution is 0.134. The number of guanidine groups is 1. The molecule has 110 valence electrons. The zero-order valence-electron chi connectivity index (χ0n) is 12.3. The molecule has 4 nitrogen and oxygen atoms in total. The second kappa shape index (κ2) is 7.90. The number of hydrogen-bond acceptors (Lipinski definition) is 2. The van der Waals surface area contributed by atoms with Crippen molar-refractivity contribution in [2.24, 2.45) is 16.6 Å². The van der Waals surface area contributed by atoms with E-state index < -0.39 is 0 Å². The molecular formula is C16H25N3O. The minimum absolute atomic E-state index is 0.551.